The number of hydrogen-bond donors (Lipinski definition) is 0. The number of rotatable bonds is 0. The predicted molar refractivity (Wildman–Crippen MR) is 8.74 cm³/mol. The summed E-state index contributed by atoms with van der Waals surface area (Å²) in [5.41, 5.74) is 0. The molecule has 0 aromatic rings. The van der Waals surface area contributed by atoms with E-state index in [9.17, 15) is 0 Å². The van der Waals surface area contributed by atoms with Gasteiger partial charge >= 0.3 is 54.1 Å². The van der Waals surface area contributed by atoms with Gasteiger partial charge in [-0.2, -0.15) is 0 Å². The maximum absolute atomic E-state index is 0. The van der Waals surface area contributed by atoms with Gasteiger partial charge in [-0.15, -0.1) is 0 Å². The molecule has 20 valence electrons. The van der Waals surface area contributed by atoms with Crippen LogP contribution < -0.4 is 18.9 Å². The zero-order chi connectivity index (χ0) is 0. The average molecular weight is 119 g/mol. The Labute approximate surface area is 64.8 Å². The molecule has 0 saturated heterocycles. The molecule has 0 aliphatic carbocycles. The van der Waals surface area contributed by atoms with Gasteiger partial charge in [0, 0.05) is 0 Å². The standard InChI is InChI=1S/Li.2O.S.Ti/q+1;2*-2;+2;+4. The van der Waals surface area contributed by atoms with E-state index in [4.69, 9.17) is 0 Å². The summed E-state index contributed by atoms with van der Waals surface area (Å²) in [6, 6.07) is 0. The minimum absolute atomic E-state index is 0. The van der Waals surface area contributed by atoms with E-state index in [0.717, 1.165) is 0 Å². The molecule has 0 saturated carbocycles. The van der Waals surface area contributed by atoms with E-state index in [1.807, 2.05) is 0 Å². The van der Waals surface area contributed by atoms with Crippen molar-refractivity contribution in [3.63, 3.8) is 0 Å². The molecule has 2 nitrogen and oxygen atoms in total. The third-order valence-corrected chi connectivity index (χ3v) is 0. The third-order valence-electron chi connectivity index (χ3n) is 0. The maximum Gasteiger partial charge on any atom is 4.00 e. The molecular formula is LiO2STi+3. The molecule has 0 spiro atoms. The van der Waals surface area contributed by atoms with Gasteiger partial charge in [0.1, 0.15) is 0 Å². The Kier molecular flexibility index (Phi) is 768. The largest absolute Gasteiger partial charge is 4.00 e. The number of hydrogen-bond acceptors (Lipinski definition) is 0. The van der Waals surface area contributed by atoms with Gasteiger partial charge < -0.3 is 11.0 Å². The Hall–Kier alpha value is 1.58. The van der Waals surface area contributed by atoms with Crippen molar-refractivity contribution in [3.8, 4) is 0 Å². The van der Waals surface area contributed by atoms with Crippen molar-refractivity contribution in [3.05, 3.63) is 0 Å². The molecule has 0 aliphatic rings. The summed E-state index contributed by atoms with van der Waals surface area (Å²) >= 11 is 0. The van der Waals surface area contributed by atoms with Crippen molar-refractivity contribution in [2.45, 2.75) is 0 Å². The third kappa shape index (κ3) is 28.6. The maximum atomic E-state index is 0. The molecule has 0 aromatic heterocycles. The smallest absolute Gasteiger partial charge is 2.00 e. The summed E-state index contributed by atoms with van der Waals surface area (Å²) < 4.78 is 0. The van der Waals surface area contributed by atoms with Crippen LogP contribution in [-0.2, 0) is 46.2 Å². The summed E-state index contributed by atoms with van der Waals surface area (Å²) in [5, 5.41) is 0. The van der Waals surface area contributed by atoms with Crippen LogP contribution in [0, 0.1) is 0 Å². The molecule has 0 atom stereocenters. The monoisotopic (exact) mass is 119 g/mol. The molecule has 4 radical (unpaired) electrons. The zero-order valence-corrected chi connectivity index (χ0v) is 5.10. The van der Waals surface area contributed by atoms with Gasteiger partial charge in [0.05, 0.1) is 0 Å². The molecule has 5 heavy (non-hydrogen) atoms. The Morgan fingerprint density at radius 1 is 0.800 bits per heavy atom. The first-order valence-electron chi connectivity index (χ1n) is 0. The van der Waals surface area contributed by atoms with Crippen LogP contribution in [0.3, 0.4) is 0 Å². The van der Waals surface area contributed by atoms with Crippen molar-refractivity contribution < 1.29 is 51.5 Å². The quantitative estimate of drug-likeness (QED) is 0.301. The molecule has 5 heteroatoms. The second-order valence-electron chi connectivity index (χ2n) is 0. The van der Waals surface area contributed by atoms with E-state index in [1.165, 1.54) is 0 Å². The van der Waals surface area contributed by atoms with Crippen LogP contribution in [0.5, 0.6) is 0 Å². The van der Waals surface area contributed by atoms with Gasteiger partial charge in [0.15, 0.2) is 0 Å². The Morgan fingerprint density at radius 2 is 0.800 bits per heavy atom. The fraction of sp³-hybridized carbons (Fsp3) is 0. The Bertz CT molecular complexity index is 9.61. The van der Waals surface area contributed by atoms with Crippen molar-refractivity contribution in [2.24, 2.45) is 0 Å². The van der Waals surface area contributed by atoms with E-state index in [2.05, 4.69) is 0 Å². The summed E-state index contributed by atoms with van der Waals surface area (Å²) in [6.45, 7) is 0. The van der Waals surface area contributed by atoms with Crippen LogP contribution in [-0.4, -0.2) is 0 Å². The van der Waals surface area contributed by atoms with Crippen molar-refractivity contribution in [1.82, 2.24) is 0 Å². The topological polar surface area (TPSA) is 57.0 Å². The van der Waals surface area contributed by atoms with Gasteiger partial charge in [-0.3, -0.25) is 0 Å². The van der Waals surface area contributed by atoms with Gasteiger partial charge in [-0.05, 0) is 0 Å². The van der Waals surface area contributed by atoms with Gasteiger partial charge in [-0.25, -0.2) is 0 Å². The molecule has 0 fully saturated rings. The Balaban J connectivity index is 0. The van der Waals surface area contributed by atoms with Crippen LogP contribution in [0.4, 0.5) is 0 Å². The van der Waals surface area contributed by atoms with E-state index >= 15 is 0 Å². The summed E-state index contributed by atoms with van der Waals surface area (Å²) in [7, 11) is 0. The molecule has 0 amide bonds. The van der Waals surface area contributed by atoms with Crippen molar-refractivity contribution >= 4 is 13.5 Å². The van der Waals surface area contributed by atoms with Crippen LogP contribution in [0.1, 0.15) is 0 Å². The van der Waals surface area contributed by atoms with Gasteiger partial charge in [-0.1, -0.05) is 0 Å². The minimum Gasteiger partial charge on any atom is -2.00 e. The first-order chi connectivity index (χ1) is 0. The van der Waals surface area contributed by atoms with Crippen LogP contribution in [0.25, 0.3) is 0 Å². The van der Waals surface area contributed by atoms with Crippen molar-refractivity contribution in [2.75, 3.05) is 0 Å². The first kappa shape index (κ1) is 82.0. The van der Waals surface area contributed by atoms with Crippen LogP contribution >= 0.6 is 0 Å². The summed E-state index contributed by atoms with van der Waals surface area (Å²) in [6.07, 6.45) is 0. The van der Waals surface area contributed by atoms with E-state index in [0.29, 0.717) is 0 Å². The summed E-state index contributed by atoms with van der Waals surface area (Å²) in [5.74, 6) is 0. The zero-order valence-electron chi connectivity index (χ0n) is 2.72. The van der Waals surface area contributed by atoms with E-state index < -0.39 is 0 Å². The Morgan fingerprint density at radius 3 is 0.800 bits per heavy atom. The normalized spacial score (nSPS) is 0. The molecule has 0 heterocycles. The van der Waals surface area contributed by atoms with Crippen LogP contribution in [0.2, 0.25) is 0 Å². The molecule has 0 unspecified atom stereocenters. The molecule has 0 N–H and O–H groups in total. The predicted octanol–water partition coefficient (Wildman–Crippen LogP) is -3.24. The molecule has 0 bridgehead atoms. The van der Waals surface area contributed by atoms with Crippen molar-refractivity contribution in [1.29, 1.82) is 0 Å². The SMILES string of the molecule is [Li+].[O-2].[O-2].[S+2].[Ti+4]. The first-order valence-corrected chi connectivity index (χ1v) is 0. The average Bonchev–Trinajstić information content (AvgIpc) is 0. The second-order valence-corrected chi connectivity index (χ2v) is 0. The molecule has 0 aromatic carbocycles. The molecule has 0 rings (SSSR count). The molecular weight excluding hydrogens is 119 g/mol. The fourth-order valence-electron chi connectivity index (χ4n) is 0. The van der Waals surface area contributed by atoms with Gasteiger partial charge in [0.2, 0.25) is 0 Å². The van der Waals surface area contributed by atoms with Crippen LogP contribution in [0.15, 0.2) is 0 Å². The fourth-order valence-corrected chi connectivity index (χ4v) is 0. The van der Waals surface area contributed by atoms with E-state index in [1.54, 1.807) is 0 Å². The van der Waals surface area contributed by atoms with Gasteiger partial charge in [0.25, 0.3) is 0 Å². The second kappa shape index (κ2) is 46.8. The minimum atomic E-state index is 0. The summed E-state index contributed by atoms with van der Waals surface area (Å²) in [4.78, 5) is 0. The van der Waals surface area contributed by atoms with E-state index in [-0.39, 0.29) is 65.0 Å². The molecule has 0 aliphatic heterocycles.